The standard InChI is InChI=1S/C20H28N2O4/c23-14-15-6-10-22(11-7-15)13-19(24)21-16-4-5-17-18(12-16)26-20(25-17)8-2-1-3-9-20/h4-5,12,15,23H,1-3,6-11,13-14H2,(H,21,24). The highest BCUT2D eigenvalue weighted by Gasteiger charge is 2.42. The lowest BCUT2D eigenvalue weighted by Gasteiger charge is -2.31. The smallest absolute Gasteiger partial charge is 0.251 e. The summed E-state index contributed by atoms with van der Waals surface area (Å²) in [5.74, 6) is 1.39. The molecule has 2 heterocycles. The van der Waals surface area contributed by atoms with E-state index < -0.39 is 5.79 Å². The molecule has 0 aromatic heterocycles. The zero-order valence-corrected chi connectivity index (χ0v) is 15.2. The first-order valence-electron chi connectivity index (χ1n) is 9.81. The topological polar surface area (TPSA) is 71.0 Å². The second-order valence-corrected chi connectivity index (χ2v) is 7.79. The number of hydrogen-bond donors (Lipinski definition) is 2. The second-order valence-electron chi connectivity index (χ2n) is 7.79. The van der Waals surface area contributed by atoms with Crippen molar-refractivity contribution in [2.24, 2.45) is 5.92 Å². The summed E-state index contributed by atoms with van der Waals surface area (Å²) in [5, 5.41) is 12.2. The molecule has 6 nitrogen and oxygen atoms in total. The molecule has 1 saturated heterocycles. The van der Waals surface area contributed by atoms with Crippen molar-refractivity contribution in [1.82, 2.24) is 4.90 Å². The monoisotopic (exact) mass is 360 g/mol. The quantitative estimate of drug-likeness (QED) is 0.864. The molecule has 4 rings (SSSR count). The van der Waals surface area contributed by atoms with Crippen LogP contribution >= 0.6 is 0 Å². The zero-order valence-electron chi connectivity index (χ0n) is 15.2. The van der Waals surface area contributed by atoms with Crippen LogP contribution in [0, 0.1) is 5.92 Å². The molecular weight excluding hydrogens is 332 g/mol. The Morgan fingerprint density at radius 2 is 1.88 bits per heavy atom. The van der Waals surface area contributed by atoms with Gasteiger partial charge in [0.25, 0.3) is 5.79 Å². The van der Waals surface area contributed by atoms with E-state index in [1.54, 1.807) is 0 Å². The van der Waals surface area contributed by atoms with E-state index in [1.807, 2.05) is 18.2 Å². The van der Waals surface area contributed by atoms with Crippen LogP contribution in [0.25, 0.3) is 0 Å². The number of aliphatic hydroxyl groups excluding tert-OH is 1. The third-order valence-electron chi connectivity index (χ3n) is 5.77. The molecule has 1 aliphatic carbocycles. The van der Waals surface area contributed by atoms with Gasteiger partial charge in [-0.1, -0.05) is 6.42 Å². The van der Waals surface area contributed by atoms with Crippen LogP contribution in [0.3, 0.4) is 0 Å². The summed E-state index contributed by atoms with van der Waals surface area (Å²) >= 11 is 0. The minimum atomic E-state index is -0.486. The third kappa shape index (κ3) is 3.81. The average Bonchev–Trinajstić information content (AvgIpc) is 2.99. The normalized spacial score (nSPS) is 22.5. The van der Waals surface area contributed by atoms with Gasteiger partial charge in [0.15, 0.2) is 11.5 Å². The van der Waals surface area contributed by atoms with Crippen LogP contribution in [-0.2, 0) is 4.79 Å². The van der Waals surface area contributed by atoms with Crippen molar-refractivity contribution in [3.05, 3.63) is 18.2 Å². The molecule has 6 heteroatoms. The number of fused-ring (bicyclic) bond motifs is 1. The van der Waals surface area contributed by atoms with Gasteiger partial charge in [0, 0.05) is 31.2 Å². The van der Waals surface area contributed by atoms with Crippen molar-refractivity contribution in [2.45, 2.75) is 50.7 Å². The molecule has 0 bridgehead atoms. The van der Waals surface area contributed by atoms with E-state index >= 15 is 0 Å². The Morgan fingerprint density at radius 1 is 1.15 bits per heavy atom. The van der Waals surface area contributed by atoms with E-state index in [1.165, 1.54) is 6.42 Å². The van der Waals surface area contributed by atoms with Crippen LogP contribution in [-0.4, -0.2) is 47.9 Å². The number of aliphatic hydroxyl groups is 1. The predicted octanol–water partition coefficient (Wildman–Crippen LogP) is 2.76. The van der Waals surface area contributed by atoms with Crippen LogP contribution in [0.4, 0.5) is 5.69 Å². The number of rotatable bonds is 4. The number of hydrogen-bond acceptors (Lipinski definition) is 5. The molecule has 2 N–H and O–H groups in total. The number of ether oxygens (including phenoxy) is 2. The summed E-state index contributed by atoms with van der Waals surface area (Å²) in [6, 6.07) is 5.63. The van der Waals surface area contributed by atoms with Crippen molar-refractivity contribution in [1.29, 1.82) is 0 Å². The molecule has 2 fully saturated rings. The summed E-state index contributed by atoms with van der Waals surface area (Å²) in [5.41, 5.74) is 0.746. The maximum Gasteiger partial charge on any atom is 0.251 e. The molecule has 0 atom stereocenters. The average molecular weight is 360 g/mol. The SMILES string of the molecule is O=C(CN1CCC(CO)CC1)Nc1ccc2c(c1)OC1(CCCCC1)O2. The molecular formula is C20H28N2O4. The number of nitrogens with zero attached hydrogens (tertiary/aromatic N) is 1. The molecule has 3 aliphatic rings. The molecule has 1 amide bonds. The molecule has 1 spiro atoms. The Bertz CT molecular complexity index is 649. The summed E-state index contributed by atoms with van der Waals surface area (Å²) in [6.45, 7) is 2.36. The first-order chi connectivity index (χ1) is 12.7. The van der Waals surface area contributed by atoms with E-state index in [-0.39, 0.29) is 12.5 Å². The van der Waals surface area contributed by atoms with Crippen molar-refractivity contribution in [3.8, 4) is 11.5 Å². The number of benzene rings is 1. The van der Waals surface area contributed by atoms with Gasteiger partial charge in [0.05, 0.1) is 6.54 Å². The highest BCUT2D eigenvalue weighted by molar-refractivity contribution is 5.92. The fourth-order valence-electron chi connectivity index (χ4n) is 4.20. The van der Waals surface area contributed by atoms with Gasteiger partial charge < -0.3 is 19.9 Å². The molecule has 1 aromatic rings. The summed E-state index contributed by atoms with van der Waals surface area (Å²) in [7, 11) is 0. The summed E-state index contributed by atoms with van der Waals surface area (Å²) in [6.07, 6.45) is 7.25. The minimum Gasteiger partial charge on any atom is -0.448 e. The van der Waals surface area contributed by atoms with Crippen LogP contribution in [0.2, 0.25) is 0 Å². The van der Waals surface area contributed by atoms with Crippen molar-refractivity contribution in [2.75, 3.05) is 31.6 Å². The zero-order chi connectivity index (χ0) is 18.0. The highest BCUT2D eigenvalue weighted by Crippen LogP contribution is 2.46. The van der Waals surface area contributed by atoms with Gasteiger partial charge in [-0.3, -0.25) is 9.69 Å². The lowest BCUT2D eigenvalue weighted by molar-refractivity contribution is -0.117. The number of likely N-dealkylation sites (tertiary alicyclic amines) is 1. The Hall–Kier alpha value is -1.79. The summed E-state index contributed by atoms with van der Waals surface area (Å²) in [4.78, 5) is 14.5. The molecule has 0 unspecified atom stereocenters. The van der Waals surface area contributed by atoms with Gasteiger partial charge in [-0.15, -0.1) is 0 Å². The largest absolute Gasteiger partial charge is 0.448 e. The van der Waals surface area contributed by atoms with Gasteiger partial charge in [-0.05, 0) is 56.8 Å². The molecule has 1 aromatic carbocycles. The van der Waals surface area contributed by atoms with Crippen LogP contribution < -0.4 is 14.8 Å². The van der Waals surface area contributed by atoms with E-state index in [0.717, 1.165) is 68.8 Å². The van der Waals surface area contributed by atoms with Crippen LogP contribution in [0.5, 0.6) is 11.5 Å². The van der Waals surface area contributed by atoms with Gasteiger partial charge >= 0.3 is 0 Å². The third-order valence-corrected chi connectivity index (χ3v) is 5.77. The maximum atomic E-state index is 12.4. The number of piperidine rings is 1. The fourth-order valence-corrected chi connectivity index (χ4v) is 4.20. The predicted molar refractivity (Wildman–Crippen MR) is 98.4 cm³/mol. The Balaban J connectivity index is 1.32. The summed E-state index contributed by atoms with van der Waals surface area (Å²) < 4.78 is 12.2. The van der Waals surface area contributed by atoms with Crippen molar-refractivity contribution < 1.29 is 19.4 Å². The van der Waals surface area contributed by atoms with Gasteiger partial charge in [-0.25, -0.2) is 0 Å². The van der Waals surface area contributed by atoms with Crippen LogP contribution in [0.1, 0.15) is 44.9 Å². The lowest BCUT2D eigenvalue weighted by atomic mass is 9.94. The molecule has 142 valence electrons. The fraction of sp³-hybridized carbons (Fsp3) is 0.650. The highest BCUT2D eigenvalue weighted by atomic mass is 16.7. The van der Waals surface area contributed by atoms with E-state index in [9.17, 15) is 9.90 Å². The molecule has 0 radical (unpaired) electrons. The number of carbonyl (C=O) groups is 1. The van der Waals surface area contributed by atoms with Gasteiger partial charge in [0.2, 0.25) is 5.91 Å². The second kappa shape index (κ2) is 7.45. The van der Waals surface area contributed by atoms with E-state index in [0.29, 0.717) is 12.5 Å². The molecule has 2 aliphatic heterocycles. The minimum absolute atomic E-state index is 0.0151. The van der Waals surface area contributed by atoms with Crippen LogP contribution in [0.15, 0.2) is 18.2 Å². The van der Waals surface area contributed by atoms with E-state index in [2.05, 4.69) is 10.2 Å². The van der Waals surface area contributed by atoms with Crippen molar-refractivity contribution >= 4 is 11.6 Å². The van der Waals surface area contributed by atoms with E-state index in [4.69, 9.17) is 9.47 Å². The maximum absolute atomic E-state index is 12.4. The van der Waals surface area contributed by atoms with Gasteiger partial charge in [0.1, 0.15) is 0 Å². The van der Waals surface area contributed by atoms with Crippen molar-refractivity contribution in [3.63, 3.8) is 0 Å². The Morgan fingerprint density at radius 3 is 2.62 bits per heavy atom. The van der Waals surface area contributed by atoms with Gasteiger partial charge in [-0.2, -0.15) is 0 Å². The first-order valence-corrected chi connectivity index (χ1v) is 9.81. The molecule has 1 saturated carbocycles. The number of carbonyl (C=O) groups excluding carboxylic acids is 1. The lowest BCUT2D eigenvalue weighted by Crippen LogP contribution is -2.40. The number of amides is 1. The Labute approximate surface area is 154 Å². The molecule has 26 heavy (non-hydrogen) atoms. The number of nitrogens with one attached hydrogen (secondary N) is 1. The number of anilines is 1. The Kier molecular flexibility index (Phi) is 5.05. The first kappa shape index (κ1) is 17.6.